The van der Waals surface area contributed by atoms with E-state index in [4.69, 9.17) is 0 Å². The maximum atomic E-state index is 4.37. The molecule has 3 heterocycles. The number of aromatic nitrogens is 4. The van der Waals surface area contributed by atoms with Crippen molar-refractivity contribution in [1.82, 2.24) is 19.3 Å². The Morgan fingerprint density at radius 1 is 1.23 bits per heavy atom. The minimum Gasteiger partial charge on any atom is -0.340 e. The molecule has 3 aromatic rings. The van der Waals surface area contributed by atoms with Crippen LogP contribution in [-0.4, -0.2) is 19.3 Å². The zero-order valence-electron chi connectivity index (χ0n) is 12.7. The molecule has 0 atom stereocenters. The topological polar surface area (TPSA) is 35.6 Å². The number of nitrogens with zero attached hydrogens (tertiary/aromatic N) is 4. The second kappa shape index (κ2) is 5.54. The molecule has 1 saturated carbocycles. The summed E-state index contributed by atoms with van der Waals surface area (Å²) < 4.78 is 5.21. The van der Waals surface area contributed by atoms with Crippen LogP contribution < -0.4 is 0 Å². The highest BCUT2D eigenvalue weighted by Gasteiger charge is 2.19. The first-order valence-corrected chi connectivity index (χ1v) is 8.64. The van der Waals surface area contributed by atoms with Gasteiger partial charge in [-0.25, -0.2) is 4.98 Å². The summed E-state index contributed by atoms with van der Waals surface area (Å²) in [7, 11) is 1.96. The molecule has 3 aromatic heterocycles. The van der Waals surface area contributed by atoms with Gasteiger partial charge < -0.3 is 4.57 Å². The van der Waals surface area contributed by atoms with Gasteiger partial charge in [0, 0.05) is 36.9 Å². The van der Waals surface area contributed by atoms with Crippen molar-refractivity contribution in [2.75, 3.05) is 0 Å². The molecule has 0 aromatic carbocycles. The number of hydrogen-bond donors (Lipinski definition) is 0. The monoisotopic (exact) mass is 358 g/mol. The fraction of sp³-hybridized carbons (Fsp3) is 0.412. The average molecular weight is 359 g/mol. The first-order chi connectivity index (χ1) is 10.7. The van der Waals surface area contributed by atoms with Crippen LogP contribution >= 0.6 is 15.9 Å². The average Bonchev–Trinajstić information content (AvgIpc) is 3.21. The maximum Gasteiger partial charge on any atom is 0.108 e. The van der Waals surface area contributed by atoms with E-state index < -0.39 is 0 Å². The van der Waals surface area contributed by atoms with Crippen molar-refractivity contribution in [1.29, 1.82) is 0 Å². The van der Waals surface area contributed by atoms with Crippen LogP contribution in [0.1, 0.15) is 25.7 Å². The second-order valence-corrected chi connectivity index (χ2v) is 7.07. The van der Waals surface area contributed by atoms with Crippen LogP contribution in [0.5, 0.6) is 0 Å². The third-order valence-corrected chi connectivity index (χ3v) is 5.10. The predicted molar refractivity (Wildman–Crippen MR) is 91.6 cm³/mol. The lowest BCUT2D eigenvalue weighted by atomic mass is 10.1. The Hall–Kier alpha value is -1.62. The van der Waals surface area contributed by atoms with Crippen molar-refractivity contribution in [2.45, 2.75) is 32.2 Å². The van der Waals surface area contributed by atoms with Gasteiger partial charge in [0.15, 0.2) is 0 Å². The normalized spacial score (nSPS) is 15.9. The van der Waals surface area contributed by atoms with E-state index in [-0.39, 0.29) is 0 Å². The Bertz CT molecular complexity index is 811. The molecule has 0 unspecified atom stereocenters. The van der Waals surface area contributed by atoms with E-state index in [0.717, 1.165) is 17.1 Å². The minimum absolute atomic E-state index is 0.790. The molecule has 0 N–H and O–H groups in total. The van der Waals surface area contributed by atoms with Gasteiger partial charge >= 0.3 is 0 Å². The zero-order chi connectivity index (χ0) is 15.1. The lowest BCUT2D eigenvalue weighted by Gasteiger charge is -2.15. The van der Waals surface area contributed by atoms with Gasteiger partial charge in [-0.3, -0.25) is 4.68 Å². The highest BCUT2D eigenvalue weighted by molar-refractivity contribution is 9.10. The summed E-state index contributed by atoms with van der Waals surface area (Å²) in [6.07, 6.45) is 11.4. The van der Waals surface area contributed by atoms with Gasteiger partial charge in [-0.2, -0.15) is 5.10 Å². The Morgan fingerprint density at radius 3 is 2.77 bits per heavy atom. The molecule has 22 heavy (non-hydrogen) atoms. The third-order valence-electron chi connectivity index (χ3n) is 4.67. The number of fused-ring (bicyclic) bond motifs is 1. The largest absolute Gasteiger partial charge is 0.340 e. The molecular weight excluding hydrogens is 340 g/mol. The van der Waals surface area contributed by atoms with E-state index in [9.17, 15) is 0 Å². The standard InChI is InChI=1S/C17H19BrN4/c1-21-11-14(9-20-21)15-6-13-8-19-17(18)7-16(13)22(15)10-12-4-2-3-5-12/h6-9,11-12H,2-5,10H2,1H3. The molecule has 0 spiro atoms. The van der Waals surface area contributed by atoms with Gasteiger partial charge in [0.05, 0.1) is 17.4 Å². The van der Waals surface area contributed by atoms with E-state index in [0.29, 0.717) is 0 Å². The number of aryl methyl sites for hydroxylation is 1. The SMILES string of the molecule is Cn1cc(-c2cc3cnc(Br)cc3n2CC2CCCC2)cn1. The van der Waals surface area contributed by atoms with Crippen molar-refractivity contribution in [2.24, 2.45) is 13.0 Å². The lowest BCUT2D eigenvalue weighted by Crippen LogP contribution is -2.08. The Kier molecular flexibility index (Phi) is 3.53. The van der Waals surface area contributed by atoms with Gasteiger partial charge in [0.1, 0.15) is 4.60 Å². The summed E-state index contributed by atoms with van der Waals surface area (Å²) in [5, 5.41) is 5.53. The highest BCUT2D eigenvalue weighted by Crippen LogP contribution is 2.33. The number of pyridine rings is 1. The van der Waals surface area contributed by atoms with Gasteiger partial charge in [-0.1, -0.05) is 12.8 Å². The van der Waals surface area contributed by atoms with E-state index in [2.05, 4.69) is 48.9 Å². The van der Waals surface area contributed by atoms with Crippen LogP contribution in [0.25, 0.3) is 22.2 Å². The molecular formula is C17H19BrN4. The van der Waals surface area contributed by atoms with Crippen molar-refractivity contribution < 1.29 is 0 Å². The summed E-state index contributed by atoms with van der Waals surface area (Å²) in [5.41, 5.74) is 3.68. The second-order valence-electron chi connectivity index (χ2n) is 6.26. The van der Waals surface area contributed by atoms with Crippen LogP contribution in [0.2, 0.25) is 0 Å². The molecule has 1 fully saturated rings. The summed E-state index contributed by atoms with van der Waals surface area (Å²) in [5.74, 6) is 0.790. The van der Waals surface area contributed by atoms with Crippen LogP contribution in [0.15, 0.2) is 35.3 Å². The molecule has 1 aliphatic rings. The Balaban J connectivity index is 1.86. The summed E-state index contributed by atoms with van der Waals surface area (Å²) in [6.45, 7) is 1.09. The summed E-state index contributed by atoms with van der Waals surface area (Å²) in [4.78, 5) is 4.37. The fourth-order valence-electron chi connectivity index (χ4n) is 3.57. The van der Waals surface area contributed by atoms with E-state index >= 15 is 0 Å². The molecule has 0 bridgehead atoms. The van der Waals surface area contributed by atoms with Crippen molar-refractivity contribution in [3.8, 4) is 11.3 Å². The van der Waals surface area contributed by atoms with Crippen molar-refractivity contribution >= 4 is 26.8 Å². The lowest BCUT2D eigenvalue weighted by molar-refractivity contribution is 0.468. The van der Waals surface area contributed by atoms with Crippen molar-refractivity contribution in [3.05, 3.63) is 35.3 Å². The first kappa shape index (κ1) is 14.0. The molecule has 0 aliphatic heterocycles. The molecule has 0 saturated heterocycles. The summed E-state index contributed by atoms with van der Waals surface area (Å²) in [6, 6.07) is 4.37. The predicted octanol–water partition coefficient (Wildman–Crippen LogP) is 4.39. The molecule has 5 heteroatoms. The maximum absolute atomic E-state index is 4.37. The number of rotatable bonds is 3. The van der Waals surface area contributed by atoms with Gasteiger partial charge in [-0.15, -0.1) is 0 Å². The van der Waals surface area contributed by atoms with Gasteiger partial charge in [0.25, 0.3) is 0 Å². The van der Waals surface area contributed by atoms with Crippen molar-refractivity contribution in [3.63, 3.8) is 0 Å². The number of halogens is 1. The molecule has 114 valence electrons. The molecule has 4 nitrogen and oxygen atoms in total. The van der Waals surface area contributed by atoms with Gasteiger partial charge in [0.2, 0.25) is 0 Å². The molecule has 0 amide bonds. The minimum atomic E-state index is 0.790. The first-order valence-electron chi connectivity index (χ1n) is 7.84. The van der Waals surface area contributed by atoms with Crippen LogP contribution in [0.3, 0.4) is 0 Å². The Labute approximate surface area is 138 Å². The van der Waals surface area contributed by atoms with E-state index in [1.807, 2.05) is 24.1 Å². The molecule has 4 rings (SSSR count). The molecule has 0 radical (unpaired) electrons. The third kappa shape index (κ3) is 2.47. The fourth-order valence-corrected chi connectivity index (χ4v) is 3.89. The van der Waals surface area contributed by atoms with Crippen LogP contribution in [0, 0.1) is 5.92 Å². The number of hydrogen-bond acceptors (Lipinski definition) is 2. The zero-order valence-corrected chi connectivity index (χ0v) is 14.3. The van der Waals surface area contributed by atoms with Crippen LogP contribution in [-0.2, 0) is 13.6 Å². The quantitative estimate of drug-likeness (QED) is 0.650. The summed E-state index contributed by atoms with van der Waals surface area (Å²) >= 11 is 3.51. The van der Waals surface area contributed by atoms with Crippen LogP contribution in [0.4, 0.5) is 0 Å². The highest BCUT2D eigenvalue weighted by atomic mass is 79.9. The van der Waals surface area contributed by atoms with E-state index in [1.165, 1.54) is 47.8 Å². The molecule has 1 aliphatic carbocycles. The van der Waals surface area contributed by atoms with Gasteiger partial charge in [-0.05, 0) is 46.8 Å². The Morgan fingerprint density at radius 2 is 2.05 bits per heavy atom. The van der Waals surface area contributed by atoms with E-state index in [1.54, 1.807) is 0 Å². The smallest absolute Gasteiger partial charge is 0.108 e.